The standard InChI is InChI=1S/C31H27N3O5S2/c1-17-4-6-19(7-5-17)16-40-31-33-32-30(41-31)34-26(20-8-11-23(38-3)12-9-20)25(28(36)29(34)37)27(35)21-10-13-24-22(15-21)14-18(2)39-24/h4-13,15,18,26,35H,14,16H2,1-3H3/b27-25-. The van der Waals surface area contributed by atoms with Crippen molar-refractivity contribution in [1.29, 1.82) is 0 Å². The fourth-order valence-corrected chi connectivity index (χ4v) is 6.87. The maximum atomic E-state index is 13.5. The van der Waals surface area contributed by atoms with Crippen molar-refractivity contribution in [3.63, 3.8) is 0 Å². The molecule has 1 N–H and O–H groups in total. The molecule has 2 atom stereocenters. The molecule has 41 heavy (non-hydrogen) atoms. The van der Waals surface area contributed by atoms with Crippen molar-refractivity contribution >= 4 is 45.7 Å². The zero-order chi connectivity index (χ0) is 28.7. The molecule has 1 aromatic heterocycles. The highest BCUT2D eigenvalue weighted by Gasteiger charge is 2.48. The fourth-order valence-electron chi connectivity index (χ4n) is 5.04. The van der Waals surface area contributed by atoms with Crippen LogP contribution in [0.5, 0.6) is 11.5 Å². The largest absolute Gasteiger partial charge is 0.507 e. The molecule has 4 aromatic rings. The maximum absolute atomic E-state index is 13.5. The van der Waals surface area contributed by atoms with Crippen molar-refractivity contribution in [3.8, 4) is 11.5 Å². The monoisotopic (exact) mass is 585 g/mol. The number of benzene rings is 3. The van der Waals surface area contributed by atoms with Gasteiger partial charge in [0.2, 0.25) is 5.13 Å². The van der Waals surface area contributed by atoms with E-state index in [1.165, 1.54) is 33.6 Å². The fraction of sp³-hybridized carbons (Fsp3) is 0.226. The number of ether oxygens (including phenoxy) is 2. The zero-order valence-corrected chi connectivity index (χ0v) is 24.3. The van der Waals surface area contributed by atoms with E-state index in [1.807, 2.05) is 19.9 Å². The summed E-state index contributed by atoms with van der Waals surface area (Å²) in [4.78, 5) is 28.4. The number of methoxy groups -OCH3 is 1. The van der Waals surface area contributed by atoms with Crippen LogP contribution in [-0.2, 0) is 21.8 Å². The first kappa shape index (κ1) is 27.0. The number of carbonyl (C=O) groups is 2. The number of hydrogen-bond acceptors (Lipinski definition) is 9. The lowest BCUT2D eigenvalue weighted by Crippen LogP contribution is -2.29. The Morgan fingerprint density at radius 3 is 2.59 bits per heavy atom. The number of carbonyl (C=O) groups excluding carboxylic acids is 2. The second kappa shape index (κ2) is 11.0. The van der Waals surface area contributed by atoms with Crippen molar-refractivity contribution in [3.05, 3.63) is 100 Å². The number of amides is 1. The first-order chi connectivity index (χ1) is 19.8. The highest BCUT2D eigenvalue weighted by Crippen LogP contribution is 2.45. The van der Waals surface area contributed by atoms with Crippen LogP contribution in [0.4, 0.5) is 5.13 Å². The second-order valence-electron chi connectivity index (χ2n) is 10.0. The third kappa shape index (κ3) is 5.20. The van der Waals surface area contributed by atoms with Gasteiger partial charge in [0.25, 0.3) is 5.78 Å². The predicted octanol–water partition coefficient (Wildman–Crippen LogP) is 6.10. The Hall–Kier alpha value is -4.15. The summed E-state index contributed by atoms with van der Waals surface area (Å²) in [6, 6.07) is 19.7. The molecule has 1 fully saturated rings. The number of anilines is 1. The molecule has 2 aliphatic heterocycles. The lowest BCUT2D eigenvalue weighted by atomic mass is 9.94. The molecule has 10 heteroatoms. The van der Waals surface area contributed by atoms with Crippen molar-refractivity contribution in [2.45, 2.75) is 42.5 Å². The van der Waals surface area contributed by atoms with Gasteiger partial charge in [0, 0.05) is 17.7 Å². The van der Waals surface area contributed by atoms with Crippen LogP contribution in [-0.4, -0.2) is 40.2 Å². The van der Waals surface area contributed by atoms with Gasteiger partial charge < -0.3 is 14.6 Å². The molecule has 0 aliphatic carbocycles. The summed E-state index contributed by atoms with van der Waals surface area (Å²) in [5.74, 6) is 0.285. The predicted molar refractivity (Wildman–Crippen MR) is 159 cm³/mol. The van der Waals surface area contributed by atoms with Gasteiger partial charge in [0.05, 0.1) is 18.7 Å². The number of aliphatic hydroxyl groups is 1. The van der Waals surface area contributed by atoms with E-state index in [4.69, 9.17) is 9.47 Å². The molecule has 0 spiro atoms. The molecule has 0 saturated carbocycles. The van der Waals surface area contributed by atoms with Crippen LogP contribution in [0.1, 0.15) is 40.8 Å². The van der Waals surface area contributed by atoms with Crippen molar-refractivity contribution < 1.29 is 24.2 Å². The number of rotatable bonds is 7. The van der Waals surface area contributed by atoms with Crippen LogP contribution in [0.3, 0.4) is 0 Å². The number of hydrogen-bond donors (Lipinski definition) is 1. The molecule has 208 valence electrons. The summed E-state index contributed by atoms with van der Waals surface area (Å²) in [6.07, 6.45) is 0.725. The number of Topliss-reactive ketones (excluding diaryl/α,β-unsaturated/α-hetero) is 1. The minimum Gasteiger partial charge on any atom is -0.507 e. The molecule has 2 aliphatic rings. The van der Waals surface area contributed by atoms with Gasteiger partial charge in [-0.25, -0.2) is 0 Å². The lowest BCUT2D eigenvalue weighted by Gasteiger charge is -2.22. The van der Waals surface area contributed by atoms with E-state index in [0.29, 0.717) is 33.4 Å². The topological polar surface area (TPSA) is 102 Å². The Morgan fingerprint density at radius 1 is 1.10 bits per heavy atom. The molecule has 0 radical (unpaired) electrons. The molecule has 8 nitrogen and oxygen atoms in total. The van der Waals surface area contributed by atoms with Gasteiger partial charge >= 0.3 is 5.91 Å². The van der Waals surface area contributed by atoms with Gasteiger partial charge in [-0.05, 0) is 60.9 Å². The van der Waals surface area contributed by atoms with Crippen molar-refractivity contribution in [1.82, 2.24) is 10.2 Å². The van der Waals surface area contributed by atoms with Gasteiger partial charge in [-0.15, -0.1) is 10.2 Å². The molecule has 0 bridgehead atoms. The van der Waals surface area contributed by atoms with Crippen LogP contribution in [0.2, 0.25) is 0 Å². The summed E-state index contributed by atoms with van der Waals surface area (Å²) in [5, 5.41) is 20.4. The number of thioether (sulfide) groups is 1. The first-order valence-corrected chi connectivity index (χ1v) is 14.9. The van der Waals surface area contributed by atoms with E-state index < -0.39 is 17.7 Å². The number of fused-ring (bicyclic) bond motifs is 1. The molecular formula is C31H27N3O5S2. The minimum absolute atomic E-state index is 0.00357. The Kier molecular flexibility index (Phi) is 7.27. The van der Waals surface area contributed by atoms with E-state index in [1.54, 1.807) is 43.5 Å². The van der Waals surface area contributed by atoms with Gasteiger partial charge in [-0.2, -0.15) is 0 Å². The first-order valence-electron chi connectivity index (χ1n) is 13.1. The zero-order valence-electron chi connectivity index (χ0n) is 22.7. The Balaban J connectivity index is 1.38. The van der Waals surface area contributed by atoms with Crippen LogP contribution in [0.15, 0.2) is 76.6 Å². The average molecular weight is 586 g/mol. The van der Waals surface area contributed by atoms with E-state index in [9.17, 15) is 14.7 Å². The van der Waals surface area contributed by atoms with Crippen LogP contribution >= 0.6 is 23.1 Å². The van der Waals surface area contributed by atoms with Gasteiger partial charge in [-0.3, -0.25) is 14.5 Å². The lowest BCUT2D eigenvalue weighted by molar-refractivity contribution is -0.132. The maximum Gasteiger partial charge on any atom is 0.301 e. The highest BCUT2D eigenvalue weighted by atomic mass is 32.2. The van der Waals surface area contributed by atoms with Gasteiger partial charge in [-0.1, -0.05) is 65.1 Å². The Labute approximate surface area is 245 Å². The SMILES string of the molecule is COc1ccc(C2/C(=C(/O)c3ccc4c(c3)CC(C)O4)C(=O)C(=O)N2c2nnc(SCc3ccc(C)cc3)s2)cc1. The summed E-state index contributed by atoms with van der Waals surface area (Å²) >= 11 is 2.75. The van der Waals surface area contributed by atoms with Crippen LogP contribution < -0.4 is 14.4 Å². The van der Waals surface area contributed by atoms with Crippen LogP contribution in [0, 0.1) is 6.92 Å². The van der Waals surface area contributed by atoms with Crippen molar-refractivity contribution in [2.24, 2.45) is 0 Å². The summed E-state index contributed by atoms with van der Waals surface area (Å²) < 4.78 is 11.8. The third-order valence-electron chi connectivity index (χ3n) is 7.13. The van der Waals surface area contributed by atoms with E-state index in [0.717, 1.165) is 16.9 Å². The summed E-state index contributed by atoms with van der Waals surface area (Å²) in [5.41, 5.74) is 4.35. The van der Waals surface area contributed by atoms with E-state index in [-0.39, 0.29) is 22.6 Å². The molecule has 3 heterocycles. The molecule has 1 saturated heterocycles. The Morgan fingerprint density at radius 2 is 1.85 bits per heavy atom. The molecule has 1 amide bonds. The van der Waals surface area contributed by atoms with E-state index >= 15 is 0 Å². The summed E-state index contributed by atoms with van der Waals surface area (Å²) in [7, 11) is 1.57. The number of aliphatic hydroxyl groups excluding tert-OH is 1. The number of nitrogens with zero attached hydrogens (tertiary/aromatic N) is 3. The number of aryl methyl sites for hydroxylation is 1. The molecule has 2 unspecified atom stereocenters. The third-order valence-corrected chi connectivity index (χ3v) is 9.26. The van der Waals surface area contributed by atoms with Gasteiger partial charge in [0.15, 0.2) is 4.34 Å². The molecule has 3 aromatic carbocycles. The second-order valence-corrected chi connectivity index (χ2v) is 12.2. The highest BCUT2D eigenvalue weighted by molar-refractivity contribution is 8.00. The van der Waals surface area contributed by atoms with Gasteiger partial charge in [0.1, 0.15) is 23.4 Å². The Bertz CT molecular complexity index is 1660. The average Bonchev–Trinajstić information content (AvgIpc) is 3.67. The molecular weight excluding hydrogens is 558 g/mol. The number of aromatic nitrogens is 2. The number of ketones is 1. The molecule has 6 rings (SSSR count). The smallest absolute Gasteiger partial charge is 0.301 e. The van der Waals surface area contributed by atoms with Crippen molar-refractivity contribution in [2.75, 3.05) is 12.0 Å². The quantitative estimate of drug-likeness (QED) is 0.0913. The van der Waals surface area contributed by atoms with Crippen LogP contribution in [0.25, 0.3) is 5.76 Å². The normalized spacial score (nSPS) is 19.3. The minimum atomic E-state index is -0.896. The summed E-state index contributed by atoms with van der Waals surface area (Å²) in [6.45, 7) is 4.02. The van der Waals surface area contributed by atoms with E-state index in [2.05, 4.69) is 34.5 Å².